The molecule has 2 amide bonds. The van der Waals surface area contributed by atoms with E-state index in [0.29, 0.717) is 18.7 Å². The fourth-order valence-electron chi connectivity index (χ4n) is 2.83. The predicted octanol–water partition coefficient (Wildman–Crippen LogP) is 4.11. The van der Waals surface area contributed by atoms with Crippen molar-refractivity contribution in [2.24, 2.45) is 0 Å². The fraction of sp³-hybridized carbons (Fsp3) is 0.364. The smallest absolute Gasteiger partial charge is 0.243 e. The van der Waals surface area contributed by atoms with Gasteiger partial charge in [-0.25, -0.2) is 0 Å². The standard InChI is InChI=1S/C22H28N2O2S/c1-4-20(22(26)23-17(2)3)24(15-18-11-7-5-8-12-18)21(25)16-27-19-13-9-6-10-14-19/h5-14,17,20H,4,15-16H2,1-3H3,(H,23,26)/t20-/m0/s1. The zero-order valence-corrected chi connectivity index (χ0v) is 17.0. The topological polar surface area (TPSA) is 49.4 Å². The molecule has 0 fully saturated rings. The molecule has 144 valence electrons. The van der Waals surface area contributed by atoms with Crippen LogP contribution in [0.1, 0.15) is 32.8 Å². The summed E-state index contributed by atoms with van der Waals surface area (Å²) in [5.74, 6) is 0.183. The molecule has 0 saturated carbocycles. The van der Waals surface area contributed by atoms with Crippen LogP contribution in [0.3, 0.4) is 0 Å². The molecular formula is C22H28N2O2S. The minimum atomic E-state index is -0.475. The third-order valence-electron chi connectivity index (χ3n) is 4.12. The molecule has 27 heavy (non-hydrogen) atoms. The van der Waals surface area contributed by atoms with Gasteiger partial charge < -0.3 is 10.2 Å². The van der Waals surface area contributed by atoms with E-state index in [-0.39, 0.29) is 17.9 Å². The molecule has 0 bridgehead atoms. The summed E-state index contributed by atoms with van der Waals surface area (Å²) in [7, 11) is 0. The Balaban J connectivity index is 2.16. The second-order valence-corrected chi connectivity index (χ2v) is 7.75. The van der Waals surface area contributed by atoms with Crippen LogP contribution in [-0.4, -0.2) is 34.6 Å². The number of rotatable bonds is 9. The predicted molar refractivity (Wildman–Crippen MR) is 112 cm³/mol. The number of hydrogen-bond donors (Lipinski definition) is 1. The van der Waals surface area contributed by atoms with E-state index in [1.54, 1.807) is 4.90 Å². The Kier molecular flexibility index (Phi) is 8.40. The van der Waals surface area contributed by atoms with Crippen molar-refractivity contribution in [3.05, 3.63) is 66.2 Å². The highest BCUT2D eigenvalue weighted by molar-refractivity contribution is 8.00. The first kappa shape index (κ1) is 21.0. The fourth-order valence-corrected chi connectivity index (χ4v) is 3.63. The van der Waals surface area contributed by atoms with Crippen molar-refractivity contribution in [3.8, 4) is 0 Å². The summed E-state index contributed by atoms with van der Waals surface area (Å²) in [4.78, 5) is 28.5. The highest BCUT2D eigenvalue weighted by atomic mass is 32.2. The molecule has 0 saturated heterocycles. The van der Waals surface area contributed by atoms with Gasteiger partial charge in [0, 0.05) is 17.5 Å². The van der Waals surface area contributed by atoms with E-state index in [1.807, 2.05) is 81.4 Å². The lowest BCUT2D eigenvalue weighted by Crippen LogP contribution is -2.50. The molecule has 0 radical (unpaired) electrons. The Hall–Kier alpha value is -2.27. The van der Waals surface area contributed by atoms with Crippen LogP contribution in [0.15, 0.2) is 65.6 Å². The zero-order chi connectivity index (χ0) is 19.6. The summed E-state index contributed by atoms with van der Waals surface area (Å²) >= 11 is 1.50. The van der Waals surface area contributed by atoms with Crippen LogP contribution >= 0.6 is 11.8 Å². The molecule has 1 N–H and O–H groups in total. The van der Waals surface area contributed by atoms with Gasteiger partial charge in [-0.1, -0.05) is 55.5 Å². The van der Waals surface area contributed by atoms with Crippen molar-refractivity contribution in [2.45, 2.75) is 50.7 Å². The molecule has 5 heteroatoms. The molecule has 0 heterocycles. The number of carbonyl (C=O) groups excluding carboxylic acids is 2. The van der Waals surface area contributed by atoms with Crippen molar-refractivity contribution in [3.63, 3.8) is 0 Å². The maximum Gasteiger partial charge on any atom is 0.243 e. The summed E-state index contributed by atoms with van der Waals surface area (Å²) in [5, 5.41) is 2.95. The number of nitrogens with zero attached hydrogens (tertiary/aromatic N) is 1. The lowest BCUT2D eigenvalue weighted by atomic mass is 10.1. The van der Waals surface area contributed by atoms with Crippen LogP contribution in [-0.2, 0) is 16.1 Å². The SMILES string of the molecule is CC[C@@H](C(=O)NC(C)C)N(Cc1ccccc1)C(=O)CSc1ccccc1. The summed E-state index contributed by atoms with van der Waals surface area (Å²) in [6, 6.07) is 19.2. The van der Waals surface area contributed by atoms with E-state index in [2.05, 4.69) is 5.32 Å². The highest BCUT2D eigenvalue weighted by Gasteiger charge is 2.28. The molecule has 2 aromatic carbocycles. The third kappa shape index (κ3) is 6.75. The Labute approximate surface area is 166 Å². The minimum Gasteiger partial charge on any atom is -0.352 e. The van der Waals surface area contributed by atoms with Gasteiger partial charge in [-0.2, -0.15) is 0 Å². The van der Waals surface area contributed by atoms with Crippen molar-refractivity contribution < 1.29 is 9.59 Å². The first-order valence-corrected chi connectivity index (χ1v) is 10.3. The van der Waals surface area contributed by atoms with Gasteiger partial charge in [0.1, 0.15) is 6.04 Å². The van der Waals surface area contributed by atoms with Gasteiger partial charge in [-0.05, 0) is 38.0 Å². The number of hydrogen-bond acceptors (Lipinski definition) is 3. The molecule has 0 unspecified atom stereocenters. The minimum absolute atomic E-state index is 0.0292. The monoisotopic (exact) mass is 384 g/mol. The summed E-state index contributed by atoms with van der Waals surface area (Å²) < 4.78 is 0. The van der Waals surface area contributed by atoms with E-state index in [0.717, 1.165) is 10.5 Å². The Morgan fingerprint density at radius 2 is 1.59 bits per heavy atom. The van der Waals surface area contributed by atoms with Crippen LogP contribution in [0.25, 0.3) is 0 Å². The molecule has 0 aliphatic rings. The van der Waals surface area contributed by atoms with Crippen molar-refractivity contribution in [1.29, 1.82) is 0 Å². The lowest BCUT2D eigenvalue weighted by Gasteiger charge is -2.31. The first-order valence-electron chi connectivity index (χ1n) is 9.32. The average molecular weight is 385 g/mol. The summed E-state index contributed by atoms with van der Waals surface area (Å²) in [6.45, 7) is 6.23. The molecule has 1 atom stereocenters. The summed E-state index contributed by atoms with van der Waals surface area (Å²) in [5.41, 5.74) is 1.02. The Bertz CT molecular complexity index is 720. The first-order chi connectivity index (χ1) is 13.0. The molecule has 2 aromatic rings. The summed E-state index contributed by atoms with van der Waals surface area (Å²) in [6.07, 6.45) is 0.577. The van der Waals surface area contributed by atoms with Gasteiger partial charge >= 0.3 is 0 Å². The highest BCUT2D eigenvalue weighted by Crippen LogP contribution is 2.20. The number of thioether (sulfide) groups is 1. The van der Waals surface area contributed by atoms with Gasteiger partial charge in [0.2, 0.25) is 11.8 Å². The van der Waals surface area contributed by atoms with Gasteiger partial charge in [0.05, 0.1) is 5.75 Å². The van der Waals surface area contributed by atoms with Gasteiger partial charge in [-0.3, -0.25) is 9.59 Å². The lowest BCUT2D eigenvalue weighted by molar-refractivity contribution is -0.139. The third-order valence-corrected chi connectivity index (χ3v) is 5.11. The zero-order valence-electron chi connectivity index (χ0n) is 16.2. The van der Waals surface area contributed by atoms with E-state index in [1.165, 1.54) is 11.8 Å². The quantitative estimate of drug-likeness (QED) is 0.662. The van der Waals surface area contributed by atoms with E-state index in [9.17, 15) is 9.59 Å². The van der Waals surface area contributed by atoms with E-state index in [4.69, 9.17) is 0 Å². The van der Waals surface area contributed by atoms with E-state index >= 15 is 0 Å². The molecular weight excluding hydrogens is 356 g/mol. The van der Waals surface area contributed by atoms with Gasteiger partial charge in [0.25, 0.3) is 0 Å². The maximum atomic E-state index is 13.0. The molecule has 0 spiro atoms. The van der Waals surface area contributed by atoms with Crippen molar-refractivity contribution in [2.75, 3.05) is 5.75 Å². The molecule has 0 aromatic heterocycles. The Morgan fingerprint density at radius 3 is 2.15 bits per heavy atom. The van der Waals surface area contributed by atoms with Gasteiger partial charge in [-0.15, -0.1) is 11.8 Å². The van der Waals surface area contributed by atoms with Crippen molar-refractivity contribution >= 4 is 23.6 Å². The van der Waals surface area contributed by atoms with Crippen LogP contribution in [0.4, 0.5) is 0 Å². The van der Waals surface area contributed by atoms with Crippen LogP contribution in [0, 0.1) is 0 Å². The van der Waals surface area contributed by atoms with E-state index < -0.39 is 6.04 Å². The van der Waals surface area contributed by atoms with Crippen LogP contribution in [0.5, 0.6) is 0 Å². The number of benzene rings is 2. The van der Waals surface area contributed by atoms with Crippen LogP contribution < -0.4 is 5.32 Å². The number of amides is 2. The molecule has 0 aliphatic carbocycles. The molecule has 2 rings (SSSR count). The average Bonchev–Trinajstić information content (AvgIpc) is 2.67. The normalized spacial score (nSPS) is 11.9. The number of carbonyl (C=O) groups is 2. The molecule has 4 nitrogen and oxygen atoms in total. The van der Waals surface area contributed by atoms with Crippen molar-refractivity contribution in [1.82, 2.24) is 10.2 Å². The Morgan fingerprint density at radius 1 is 1.00 bits per heavy atom. The van der Waals surface area contributed by atoms with Gasteiger partial charge in [0.15, 0.2) is 0 Å². The maximum absolute atomic E-state index is 13.0. The molecule has 0 aliphatic heterocycles. The largest absolute Gasteiger partial charge is 0.352 e. The van der Waals surface area contributed by atoms with Crippen LogP contribution in [0.2, 0.25) is 0 Å². The second kappa shape index (κ2) is 10.8. The second-order valence-electron chi connectivity index (χ2n) is 6.70. The number of nitrogens with one attached hydrogen (secondary N) is 1.